The highest BCUT2D eigenvalue weighted by molar-refractivity contribution is 5.38. The molecule has 0 bridgehead atoms. The fourth-order valence-corrected chi connectivity index (χ4v) is 3.09. The zero-order valence-corrected chi connectivity index (χ0v) is 15.9. The number of pyridine rings is 1. The van der Waals surface area contributed by atoms with Crippen molar-refractivity contribution in [1.82, 2.24) is 14.5 Å². The quantitative estimate of drug-likeness (QED) is 0.751. The number of nitrogens with one attached hydrogen (secondary N) is 1. The molecule has 0 aliphatic rings. The molecule has 27 heavy (non-hydrogen) atoms. The van der Waals surface area contributed by atoms with E-state index in [1.54, 1.807) is 6.20 Å². The molecule has 6 heteroatoms. The number of benzene rings is 1. The van der Waals surface area contributed by atoms with E-state index < -0.39 is 11.2 Å². The Kier molecular flexibility index (Phi) is 5.26. The SMILES string of the molecule is Cc1cc(C)cc(Oc2c(C(C)C)c(=O)[nH]c(=O)n2Cc2ccccn2)c1. The highest BCUT2D eigenvalue weighted by Crippen LogP contribution is 2.28. The van der Waals surface area contributed by atoms with Crippen LogP contribution in [0.15, 0.2) is 52.2 Å². The summed E-state index contributed by atoms with van der Waals surface area (Å²) in [5.74, 6) is 0.730. The first-order chi connectivity index (χ1) is 12.8. The number of ether oxygens (including phenoxy) is 1. The molecule has 0 saturated heterocycles. The molecule has 0 radical (unpaired) electrons. The molecule has 0 spiro atoms. The van der Waals surface area contributed by atoms with Gasteiger partial charge in [-0.2, -0.15) is 0 Å². The molecule has 0 amide bonds. The van der Waals surface area contributed by atoms with E-state index in [-0.39, 0.29) is 18.3 Å². The third-order valence-corrected chi connectivity index (χ3v) is 4.22. The second-order valence-electron chi connectivity index (χ2n) is 6.97. The topological polar surface area (TPSA) is 77.0 Å². The lowest BCUT2D eigenvalue weighted by Gasteiger charge is -2.18. The van der Waals surface area contributed by atoms with Crippen molar-refractivity contribution in [1.29, 1.82) is 0 Å². The first-order valence-electron chi connectivity index (χ1n) is 8.88. The number of aromatic nitrogens is 3. The van der Waals surface area contributed by atoms with Gasteiger partial charge in [-0.1, -0.05) is 26.0 Å². The number of H-pyrrole nitrogens is 1. The maximum Gasteiger partial charge on any atom is 0.331 e. The Morgan fingerprint density at radius 1 is 1.11 bits per heavy atom. The number of aromatic amines is 1. The van der Waals surface area contributed by atoms with Gasteiger partial charge in [0.25, 0.3) is 5.56 Å². The van der Waals surface area contributed by atoms with Crippen LogP contribution in [0.4, 0.5) is 0 Å². The van der Waals surface area contributed by atoms with Crippen LogP contribution in [0.1, 0.15) is 42.1 Å². The first-order valence-corrected chi connectivity index (χ1v) is 8.88. The Labute approximate surface area is 157 Å². The van der Waals surface area contributed by atoms with Gasteiger partial charge in [-0.05, 0) is 55.2 Å². The monoisotopic (exact) mass is 365 g/mol. The second-order valence-corrected chi connectivity index (χ2v) is 6.97. The summed E-state index contributed by atoms with van der Waals surface area (Å²) in [5.41, 5.74) is 2.27. The van der Waals surface area contributed by atoms with E-state index in [1.165, 1.54) is 4.57 Å². The lowest BCUT2D eigenvalue weighted by atomic mass is 10.1. The molecule has 3 rings (SSSR count). The van der Waals surface area contributed by atoms with E-state index in [2.05, 4.69) is 9.97 Å². The summed E-state index contributed by atoms with van der Waals surface area (Å²) >= 11 is 0. The van der Waals surface area contributed by atoms with E-state index in [1.807, 2.05) is 64.1 Å². The number of nitrogens with zero attached hydrogens (tertiary/aromatic N) is 2. The Balaban J connectivity index is 2.18. The summed E-state index contributed by atoms with van der Waals surface area (Å²) in [5, 5.41) is 0. The first kappa shape index (κ1) is 18.6. The molecule has 1 aromatic carbocycles. The number of hydrogen-bond acceptors (Lipinski definition) is 4. The van der Waals surface area contributed by atoms with Gasteiger partial charge in [0.1, 0.15) is 5.75 Å². The summed E-state index contributed by atoms with van der Waals surface area (Å²) in [6, 6.07) is 11.3. The largest absolute Gasteiger partial charge is 0.440 e. The van der Waals surface area contributed by atoms with Crippen LogP contribution >= 0.6 is 0 Å². The molecule has 2 heterocycles. The lowest BCUT2D eigenvalue weighted by molar-refractivity contribution is 0.409. The fraction of sp³-hybridized carbons (Fsp3) is 0.286. The van der Waals surface area contributed by atoms with Crippen LogP contribution in [0.25, 0.3) is 0 Å². The smallest absolute Gasteiger partial charge is 0.331 e. The Hall–Kier alpha value is -3.15. The van der Waals surface area contributed by atoms with Crippen LogP contribution in [0.2, 0.25) is 0 Å². The molecule has 0 saturated carbocycles. The molecule has 0 fully saturated rings. The minimum absolute atomic E-state index is 0.120. The summed E-state index contributed by atoms with van der Waals surface area (Å²) in [4.78, 5) is 31.7. The molecule has 1 N–H and O–H groups in total. The summed E-state index contributed by atoms with van der Waals surface area (Å²) in [7, 11) is 0. The van der Waals surface area contributed by atoms with E-state index in [0.717, 1.165) is 11.1 Å². The van der Waals surface area contributed by atoms with Gasteiger partial charge in [0.2, 0.25) is 5.88 Å². The molecular weight excluding hydrogens is 342 g/mol. The predicted octanol–water partition coefficient (Wildman–Crippen LogP) is 3.51. The summed E-state index contributed by atoms with van der Waals surface area (Å²) in [6.07, 6.45) is 1.67. The zero-order valence-electron chi connectivity index (χ0n) is 15.9. The summed E-state index contributed by atoms with van der Waals surface area (Å²) in [6.45, 7) is 7.95. The molecule has 0 aliphatic heterocycles. The molecule has 0 atom stereocenters. The van der Waals surface area contributed by atoms with Crippen LogP contribution in [0.3, 0.4) is 0 Å². The van der Waals surface area contributed by atoms with E-state index >= 15 is 0 Å². The van der Waals surface area contributed by atoms with Crippen molar-refractivity contribution in [3.8, 4) is 11.6 Å². The Morgan fingerprint density at radius 3 is 2.41 bits per heavy atom. The van der Waals surface area contributed by atoms with E-state index in [4.69, 9.17) is 4.74 Å². The molecule has 3 aromatic rings. The number of aryl methyl sites for hydroxylation is 2. The molecule has 140 valence electrons. The van der Waals surface area contributed by atoms with Gasteiger partial charge in [-0.25, -0.2) is 4.79 Å². The normalized spacial score (nSPS) is 11.0. The number of hydrogen-bond donors (Lipinski definition) is 1. The molecule has 0 unspecified atom stereocenters. The maximum atomic E-state index is 12.6. The minimum Gasteiger partial charge on any atom is -0.440 e. The fourth-order valence-electron chi connectivity index (χ4n) is 3.09. The van der Waals surface area contributed by atoms with Gasteiger partial charge in [0.05, 0.1) is 17.8 Å². The van der Waals surface area contributed by atoms with Crippen molar-refractivity contribution in [3.05, 3.63) is 85.8 Å². The minimum atomic E-state index is -0.519. The highest BCUT2D eigenvalue weighted by atomic mass is 16.5. The molecule has 6 nitrogen and oxygen atoms in total. The Morgan fingerprint density at radius 2 is 1.81 bits per heavy atom. The zero-order chi connectivity index (χ0) is 19.6. The summed E-state index contributed by atoms with van der Waals surface area (Å²) < 4.78 is 7.54. The highest BCUT2D eigenvalue weighted by Gasteiger charge is 2.20. The van der Waals surface area contributed by atoms with Gasteiger partial charge < -0.3 is 4.74 Å². The van der Waals surface area contributed by atoms with Crippen molar-refractivity contribution in [2.75, 3.05) is 0 Å². The van der Waals surface area contributed by atoms with Crippen molar-refractivity contribution in [2.24, 2.45) is 0 Å². The van der Waals surface area contributed by atoms with Crippen LogP contribution < -0.4 is 16.0 Å². The molecule has 0 aliphatic carbocycles. The average molecular weight is 365 g/mol. The van der Waals surface area contributed by atoms with E-state index in [0.29, 0.717) is 17.0 Å². The molecular formula is C21H23N3O3. The second kappa shape index (κ2) is 7.61. The van der Waals surface area contributed by atoms with Gasteiger partial charge >= 0.3 is 5.69 Å². The average Bonchev–Trinajstić information content (AvgIpc) is 2.58. The van der Waals surface area contributed by atoms with Crippen LogP contribution in [0.5, 0.6) is 11.6 Å². The third kappa shape index (κ3) is 4.16. The van der Waals surface area contributed by atoms with E-state index in [9.17, 15) is 9.59 Å². The van der Waals surface area contributed by atoms with Crippen LogP contribution in [-0.4, -0.2) is 14.5 Å². The van der Waals surface area contributed by atoms with Gasteiger partial charge in [-0.15, -0.1) is 0 Å². The lowest BCUT2D eigenvalue weighted by Crippen LogP contribution is -2.34. The van der Waals surface area contributed by atoms with Crippen molar-refractivity contribution in [3.63, 3.8) is 0 Å². The van der Waals surface area contributed by atoms with Crippen molar-refractivity contribution in [2.45, 2.75) is 40.2 Å². The van der Waals surface area contributed by atoms with Gasteiger partial charge in [-0.3, -0.25) is 19.3 Å². The van der Waals surface area contributed by atoms with Crippen LogP contribution in [-0.2, 0) is 6.54 Å². The maximum absolute atomic E-state index is 12.6. The van der Waals surface area contributed by atoms with Crippen LogP contribution in [0, 0.1) is 13.8 Å². The third-order valence-electron chi connectivity index (χ3n) is 4.22. The predicted molar refractivity (Wildman–Crippen MR) is 105 cm³/mol. The Bertz CT molecular complexity index is 1050. The van der Waals surface area contributed by atoms with Gasteiger partial charge in [0, 0.05) is 6.20 Å². The van der Waals surface area contributed by atoms with Crippen molar-refractivity contribution >= 4 is 0 Å². The van der Waals surface area contributed by atoms with Crippen molar-refractivity contribution < 1.29 is 4.74 Å². The van der Waals surface area contributed by atoms with Gasteiger partial charge in [0.15, 0.2) is 0 Å². The number of rotatable bonds is 5. The molecule has 2 aromatic heterocycles. The standard InChI is InChI=1S/C21H23N3O3/c1-13(2)18-19(25)23-21(26)24(12-16-7-5-6-8-22-16)20(18)27-17-10-14(3)9-15(4)11-17/h5-11,13H,12H2,1-4H3,(H,23,25,26).